The Bertz CT molecular complexity index is 553. The molecule has 2 atom stereocenters. The second kappa shape index (κ2) is 5.11. The SMILES string of the molecule is CC1CCOC1c1nnc(CO)n1-c1ccccc1. The van der Waals surface area contributed by atoms with Crippen LogP contribution in [0.4, 0.5) is 0 Å². The lowest BCUT2D eigenvalue weighted by molar-refractivity contribution is 0.0856. The standard InChI is InChI=1S/C14H17N3O2/c1-10-7-8-19-13(10)14-16-15-12(9-18)17(14)11-5-3-2-4-6-11/h2-6,10,13,18H,7-9H2,1H3. The first-order valence-electron chi connectivity index (χ1n) is 6.53. The van der Waals surface area contributed by atoms with Gasteiger partial charge in [0, 0.05) is 12.3 Å². The highest BCUT2D eigenvalue weighted by Crippen LogP contribution is 2.34. The van der Waals surface area contributed by atoms with E-state index in [-0.39, 0.29) is 12.7 Å². The molecule has 1 saturated heterocycles. The molecule has 0 spiro atoms. The van der Waals surface area contributed by atoms with Gasteiger partial charge in [-0.1, -0.05) is 25.1 Å². The quantitative estimate of drug-likeness (QED) is 0.914. The molecular weight excluding hydrogens is 242 g/mol. The largest absolute Gasteiger partial charge is 0.388 e. The number of aliphatic hydroxyl groups excluding tert-OH is 1. The maximum atomic E-state index is 9.44. The molecule has 3 rings (SSSR count). The summed E-state index contributed by atoms with van der Waals surface area (Å²) in [6, 6.07) is 9.83. The van der Waals surface area contributed by atoms with E-state index in [0.29, 0.717) is 11.7 Å². The molecule has 5 heteroatoms. The van der Waals surface area contributed by atoms with Gasteiger partial charge in [0.15, 0.2) is 11.6 Å². The van der Waals surface area contributed by atoms with Crippen molar-refractivity contribution in [2.45, 2.75) is 26.1 Å². The fourth-order valence-electron chi connectivity index (χ4n) is 2.50. The molecule has 1 fully saturated rings. The lowest BCUT2D eigenvalue weighted by Gasteiger charge is -2.16. The summed E-state index contributed by atoms with van der Waals surface area (Å²) in [6.07, 6.45) is 0.980. The zero-order valence-corrected chi connectivity index (χ0v) is 10.9. The van der Waals surface area contributed by atoms with E-state index in [0.717, 1.165) is 24.5 Å². The van der Waals surface area contributed by atoms with E-state index in [4.69, 9.17) is 4.74 Å². The van der Waals surface area contributed by atoms with Crippen LogP contribution in [-0.2, 0) is 11.3 Å². The molecule has 5 nitrogen and oxygen atoms in total. The first kappa shape index (κ1) is 12.3. The third-order valence-electron chi connectivity index (χ3n) is 3.55. The van der Waals surface area contributed by atoms with Crippen LogP contribution in [0.1, 0.15) is 31.1 Å². The van der Waals surface area contributed by atoms with Gasteiger partial charge in [0.25, 0.3) is 0 Å². The third-order valence-corrected chi connectivity index (χ3v) is 3.55. The molecule has 1 aliphatic rings. The van der Waals surface area contributed by atoms with Gasteiger partial charge in [0.1, 0.15) is 12.7 Å². The summed E-state index contributed by atoms with van der Waals surface area (Å²) in [5, 5.41) is 17.7. The van der Waals surface area contributed by atoms with Crippen molar-refractivity contribution in [1.82, 2.24) is 14.8 Å². The van der Waals surface area contributed by atoms with Gasteiger partial charge in [0.05, 0.1) is 0 Å². The predicted molar refractivity (Wildman–Crippen MR) is 69.8 cm³/mol. The van der Waals surface area contributed by atoms with E-state index in [1.165, 1.54) is 0 Å². The van der Waals surface area contributed by atoms with Crippen molar-refractivity contribution in [3.63, 3.8) is 0 Å². The predicted octanol–water partition coefficient (Wildman–Crippen LogP) is 1.86. The van der Waals surface area contributed by atoms with Crippen molar-refractivity contribution in [3.8, 4) is 5.69 Å². The Kier molecular flexibility index (Phi) is 3.31. The molecule has 1 aromatic carbocycles. The van der Waals surface area contributed by atoms with Crippen LogP contribution in [0.25, 0.3) is 5.69 Å². The highest BCUT2D eigenvalue weighted by atomic mass is 16.5. The van der Waals surface area contributed by atoms with Crippen molar-refractivity contribution in [2.24, 2.45) is 5.92 Å². The van der Waals surface area contributed by atoms with E-state index < -0.39 is 0 Å². The second-order valence-corrected chi connectivity index (χ2v) is 4.86. The van der Waals surface area contributed by atoms with Crippen molar-refractivity contribution < 1.29 is 9.84 Å². The van der Waals surface area contributed by atoms with Gasteiger partial charge < -0.3 is 9.84 Å². The molecule has 2 aromatic rings. The van der Waals surface area contributed by atoms with Crippen molar-refractivity contribution >= 4 is 0 Å². The van der Waals surface area contributed by atoms with Crippen LogP contribution in [0.15, 0.2) is 30.3 Å². The molecule has 0 aliphatic carbocycles. The molecule has 0 amide bonds. The fraction of sp³-hybridized carbons (Fsp3) is 0.429. The first-order chi connectivity index (χ1) is 9.31. The lowest BCUT2D eigenvalue weighted by atomic mass is 10.0. The molecule has 1 aromatic heterocycles. The average molecular weight is 259 g/mol. The summed E-state index contributed by atoms with van der Waals surface area (Å²) >= 11 is 0. The zero-order valence-electron chi connectivity index (χ0n) is 10.9. The van der Waals surface area contributed by atoms with Crippen molar-refractivity contribution in [2.75, 3.05) is 6.61 Å². The molecule has 2 heterocycles. The number of hydrogen-bond donors (Lipinski definition) is 1. The Labute approximate surface area is 111 Å². The summed E-state index contributed by atoms with van der Waals surface area (Å²) in [5.74, 6) is 1.74. The minimum atomic E-state index is -0.136. The molecule has 100 valence electrons. The van der Waals surface area contributed by atoms with Gasteiger partial charge in [-0.25, -0.2) is 0 Å². The van der Waals surface area contributed by atoms with Crippen LogP contribution in [0.3, 0.4) is 0 Å². The molecule has 0 saturated carbocycles. The van der Waals surface area contributed by atoms with Gasteiger partial charge in [-0.15, -0.1) is 10.2 Å². The number of aromatic nitrogens is 3. The Morgan fingerprint density at radius 3 is 2.74 bits per heavy atom. The number of benzene rings is 1. The average Bonchev–Trinajstić information content (AvgIpc) is 3.05. The van der Waals surface area contributed by atoms with Crippen LogP contribution in [0.5, 0.6) is 0 Å². The van der Waals surface area contributed by atoms with E-state index >= 15 is 0 Å². The highest BCUT2D eigenvalue weighted by molar-refractivity contribution is 5.34. The summed E-state index contributed by atoms with van der Waals surface area (Å²) in [5.41, 5.74) is 0.953. The summed E-state index contributed by atoms with van der Waals surface area (Å²) in [6.45, 7) is 2.77. The normalized spacial score (nSPS) is 22.8. The molecular formula is C14H17N3O2. The molecule has 19 heavy (non-hydrogen) atoms. The first-order valence-corrected chi connectivity index (χ1v) is 6.53. The smallest absolute Gasteiger partial charge is 0.167 e. The highest BCUT2D eigenvalue weighted by Gasteiger charge is 2.31. The second-order valence-electron chi connectivity index (χ2n) is 4.86. The molecule has 1 N–H and O–H groups in total. The fourth-order valence-corrected chi connectivity index (χ4v) is 2.50. The lowest BCUT2D eigenvalue weighted by Crippen LogP contribution is -2.13. The van der Waals surface area contributed by atoms with Crippen LogP contribution in [0, 0.1) is 5.92 Å². The van der Waals surface area contributed by atoms with Gasteiger partial charge in [-0.05, 0) is 24.5 Å². The summed E-state index contributed by atoms with van der Waals surface area (Å²) < 4.78 is 7.66. The van der Waals surface area contributed by atoms with Gasteiger partial charge in [0.2, 0.25) is 0 Å². The summed E-state index contributed by atoms with van der Waals surface area (Å²) in [7, 11) is 0. The van der Waals surface area contributed by atoms with Gasteiger partial charge in [-0.2, -0.15) is 0 Å². The Hall–Kier alpha value is -1.72. The number of rotatable bonds is 3. The number of ether oxygens (including phenoxy) is 1. The van der Waals surface area contributed by atoms with E-state index in [2.05, 4.69) is 17.1 Å². The minimum Gasteiger partial charge on any atom is -0.388 e. The van der Waals surface area contributed by atoms with E-state index in [1.807, 2.05) is 34.9 Å². The minimum absolute atomic E-state index is 0.0481. The molecule has 1 aliphatic heterocycles. The van der Waals surface area contributed by atoms with Gasteiger partial charge >= 0.3 is 0 Å². The van der Waals surface area contributed by atoms with Crippen LogP contribution in [0.2, 0.25) is 0 Å². The zero-order chi connectivity index (χ0) is 13.2. The molecule has 2 unspecified atom stereocenters. The number of aliphatic hydroxyl groups is 1. The van der Waals surface area contributed by atoms with Crippen molar-refractivity contribution in [3.05, 3.63) is 42.0 Å². The number of hydrogen-bond acceptors (Lipinski definition) is 4. The number of nitrogens with zero attached hydrogens (tertiary/aromatic N) is 3. The Morgan fingerprint density at radius 1 is 1.32 bits per heavy atom. The van der Waals surface area contributed by atoms with Crippen LogP contribution < -0.4 is 0 Å². The molecule has 0 bridgehead atoms. The van der Waals surface area contributed by atoms with Crippen molar-refractivity contribution in [1.29, 1.82) is 0 Å². The monoisotopic (exact) mass is 259 g/mol. The van der Waals surface area contributed by atoms with Crippen LogP contribution in [-0.4, -0.2) is 26.5 Å². The Morgan fingerprint density at radius 2 is 2.11 bits per heavy atom. The van der Waals surface area contributed by atoms with Gasteiger partial charge in [-0.3, -0.25) is 4.57 Å². The van der Waals surface area contributed by atoms with Crippen LogP contribution >= 0.6 is 0 Å². The van der Waals surface area contributed by atoms with E-state index in [9.17, 15) is 5.11 Å². The van der Waals surface area contributed by atoms with E-state index in [1.54, 1.807) is 0 Å². The maximum absolute atomic E-state index is 9.44. The third kappa shape index (κ3) is 2.15. The molecule has 0 radical (unpaired) electrons. The number of para-hydroxylation sites is 1. The topological polar surface area (TPSA) is 60.2 Å². The maximum Gasteiger partial charge on any atom is 0.167 e. The summed E-state index contributed by atoms with van der Waals surface area (Å²) in [4.78, 5) is 0. The Balaban J connectivity index is 2.08.